The lowest BCUT2D eigenvalue weighted by molar-refractivity contribution is 0.668. The van der Waals surface area contributed by atoms with Gasteiger partial charge in [0.05, 0.1) is 22.4 Å². The quantitative estimate of drug-likeness (QED) is 0.168. The number of furan rings is 2. The van der Waals surface area contributed by atoms with Gasteiger partial charge in [0.25, 0.3) is 0 Å². The average molecular weight is 806 g/mol. The van der Waals surface area contributed by atoms with Crippen LogP contribution in [0.1, 0.15) is 0 Å². The predicted molar refractivity (Wildman–Crippen MR) is 258 cm³/mol. The second kappa shape index (κ2) is 14.0. The zero-order valence-electron chi connectivity index (χ0n) is 33.9. The van der Waals surface area contributed by atoms with Crippen LogP contribution in [0.2, 0.25) is 0 Å². The van der Waals surface area contributed by atoms with Gasteiger partial charge >= 0.3 is 0 Å². The Kier molecular flexibility index (Phi) is 7.84. The Morgan fingerprint density at radius 1 is 0.286 bits per heavy atom. The fourth-order valence-corrected chi connectivity index (χ4v) is 9.38. The minimum absolute atomic E-state index is 0.662. The first-order valence-corrected chi connectivity index (χ1v) is 21.2. The minimum Gasteiger partial charge on any atom is -0.456 e. The molecule has 294 valence electrons. The summed E-state index contributed by atoms with van der Waals surface area (Å²) in [4.78, 5) is 10.6. The van der Waals surface area contributed by atoms with Crippen molar-refractivity contribution >= 4 is 65.7 Å². The van der Waals surface area contributed by atoms with Crippen molar-refractivity contribution in [2.24, 2.45) is 0 Å². The molecule has 0 spiro atoms. The molecule has 0 bridgehead atoms. The molecule has 5 nitrogen and oxygen atoms in total. The van der Waals surface area contributed by atoms with E-state index < -0.39 is 0 Å². The van der Waals surface area contributed by atoms with Crippen LogP contribution in [-0.4, -0.2) is 14.5 Å². The van der Waals surface area contributed by atoms with E-state index in [9.17, 15) is 0 Å². The molecule has 4 heterocycles. The Morgan fingerprint density at radius 3 is 1.37 bits per heavy atom. The van der Waals surface area contributed by atoms with Crippen molar-refractivity contribution in [3.05, 3.63) is 212 Å². The third-order valence-corrected chi connectivity index (χ3v) is 12.4. The standard InChI is InChI=1S/C58H35N3O2/c1-2-13-36(14-3-1)58-59-50(39-15-12-16-43(32-39)61-52-21-8-4-17-44(52)45-18-5-9-22-53(45)61)35-51(60-58)42-30-40(37-25-27-56-48(33-37)46-19-6-10-23-54(46)62-56)29-41(31-42)38-26-28-57-49(34-38)47-20-7-11-24-55(47)63-57/h1-35H. The maximum Gasteiger partial charge on any atom is 0.160 e. The topological polar surface area (TPSA) is 57.0 Å². The highest BCUT2D eigenvalue weighted by molar-refractivity contribution is 6.10. The fourth-order valence-electron chi connectivity index (χ4n) is 9.38. The molecule has 0 saturated carbocycles. The van der Waals surface area contributed by atoms with Gasteiger partial charge in [-0.15, -0.1) is 0 Å². The van der Waals surface area contributed by atoms with Gasteiger partial charge in [0.15, 0.2) is 5.82 Å². The summed E-state index contributed by atoms with van der Waals surface area (Å²) in [6.07, 6.45) is 0. The molecule has 0 saturated heterocycles. The van der Waals surface area contributed by atoms with Gasteiger partial charge in [-0.2, -0.15) is 0 Å². The zero-order chi connectivity index (χ0) is 41.4. The molecule has 13 rings (SSSR count). The SMILES string of the molecule is c1ccc(-c2nc(-c3cc(-c4ccc5oc6ccccc6c5c4)cc(-c4ccc5oc6ccccc6c5c4)c3)cc(-c3cccc(-n4c5ccccc5c5ccccc54)c3)n2)cc1. The maximum atomic E-state index is 6.25. The number of nitrogens with zero attached hydrogens (tertiary/aromatic N) is 3. The van der Waals surface area contributed by atoms with Crippen LogP contribution < -0.4 is 0 Å². The van der Waals surface area contributed by atoms with Crippen LogP contribution >= 0.6 is 0 Å². The monoisotopic (exact) mass is 805 g/mol. The molecule has 0 radical (unpaired) electrons. The zero-order valence-corrected chi connectivity index (χ0v) is 33.9. The maximum absolute atomic E-state index is 6.25. The number of para-hydroxylation sites is 4. The van der Waals surface area contributed by atoms with Crippen LogP contribution in [0, 0.1) is 0 Å². The normalized spacial score (nSPS) is 11.8. The third kappa shape index (κ3) is 5.86. The van der Waals surface area contributed by atoms with Gasteiger partial charge in [0.2, 0.25) is 0 Å². The van der Waals surface area contributed by atoms with Crippen molar-refractivity contribution in [1.29, 1.82) is 0 Å². The molecule has 0 fully saturated rings. The molecular formula is C58H35N3O2. The summed E-state index contributed by atoms with van der Waals surface area (Å²) < 4.78 is 14.9. The number of benzene rings is 9. The summed E-state index contributed by atoms with van der Waals surface area (Å²) in [6.45, 7) is 0. The summed E-state index contributed by atoms with van der Waals surface area (Å²) in [5, 5.41) is 6.81. The van der Waals surface area contributed by atoms with Gasteiger partial charge in [-0.1, -0.05) is 127 Å². The Morgan fingerprint density at radius 2 is 0.762 bits per heavy atom. The highest BCUT2D eigenvalue weighted by atomic mass is 16.3. The smallest absolute Gasteiger partial charge is 0.160 e. The molecular weight excluding hydrogens is 771 g/mol. The number of aromatic nitrogens is 3. The van der Waals surface area contributed by atoms with Gasteiger partial charge in [-0.05, 0) is 107 Å². The van der Waals surface area contributed by atoms with Crippen LogP contribution in [0.5, 0.6) is 0 Å². The van der Waals surface area contributed by atoms with Crippen LogP contribution in [0.4, 0.5) is 0 Å². The van der Waals surface area contributed by atoms with Crippen molar-refractivity contribution in [3.63, 3.8) is 0 Å². The van der Waals surface area contributed by atoms with Crippen molar-refractivity contribution in [2.45, 2.75) is 0 Å². The van der Waals surface area contributed by atoms with Gasteiger partial charge < -0.3 is 13.4 Å². The van der Waals surface area contributed by atoms with Crippen molar-refractivity contribution < 1.29 is 8.83 Å². The lowest BCUT2D eigenvalue weighted by Gasteiger charge is -2.14. The van der Waals surface area contributed by atoms with Crippen LogP contribution in [0.15, 0.2) is 221 Å². The van der Waals surface area contributed by atoms with Crippen LogP contribution in [0.25, 0.3) is 128 Å². The van der Waals surface area contributed by atoms with E-state index in [1.165, 1.54) is 10.8 Å². The average Bonchev–Trinajstić information content (AvgIpc) is 4.03. The van der Waals surface area contributed by atoms with E-state index in [0.29, 0.717) is 5.82 Å². The second-order valence-corrected chi connectivity index (χ2v) is 16.2. The molecule has 13 aromatic rings. The van der Waals surface area contributed by atoms with E-state index in [2.05, 4.69) is 174 Å². The van der Waals surface area contributed by atoms with Crippen LogP contribution in [0.3, 0.4) is 0 Å². The summed E-state index contributed by atoms with van der Waals surface area (Å²) >= 11 is 0. The van der Waals surface area contributed by atoms with Crippen molar-refractivity contribution in [2.75, 3.05) is 0 Å². The van der Waals surface area contributed by atoms with E-state index in [1.807, 2.05) is 42.5 Å². The Balaban J connectivity index is 1.02. The minimum atomic E-state index is 0.662. The van der Waals surface area contributed by atoms with Crippen LogP contribution in [-0.2, 0) is 0 Å². The van der Waals surface area contributed by atoms with E-state index in [1.54, 1.807) is 0 Å². The molecule has 4 aromatic heterocycles. The molecule has 0 amide bonds. The molecule has 0 aliphatic carbocycles. The molecule has 9 aromatic carbocycles. The lowest BCUT2D eigenvalue weighted by Crippen LogP contribution is -1.98. The summed E-state index contributed by atoms with van der Waals surface area (Å²) in [6, 6.07) is 74.6. The number of rotatable bonds is 6. The van der Waals surface area contributed by atoms with Crippen molar-refractivity contribution in [1.82, 2.24) is 14.5 Å². The lowest BCUT2D eigenvalue weighted by atomic mass is 9.93. The number of hydrogen-bond donors (Lipinski definition) is 0. The highest BCUT2D eigenvalue weighted by Gasteiger charge is 2.18. The Bertz CT molecular complexity index is 3740. The Hall–Kier alpha value is -8.54. The Labute approximate surface area is 361 Å². The van der Waals surface area contributed by atoms with Gasteiger partial charge in [0, 0.05) is 54.7 Å². The van der Waals surface area contributed by atoms with E-state index in [0.717, 1.165) is 111 Å². The summed E-state index contributed by atoms with van der Waals surface area (Å²) in [5.74, 6) is 0.662. The first kappa shape index (κ1) is 35.2. The molecule has 63 heavy (non-hydrogen) atoms. The molecule has 0 atom stereocenters. The van der Waals surface area contributed by atoms with E-state index >= 15 is 0 Å². The molecule has 5 heteroatoms. The van der Waals surface area contributed by atoms with Gasteiger partial charge in [-0.25, -0.2) is 9.97 Å². The fraction of sp³-hybridized carbons (Fsp3) is 0. The van der Waals surface area contributed by atoms with Gasteiger partial charge in [-0.3, -0.25) is 0 Å². The second-order valence-electron chi connectivity index (χ2n) is 16.2. The predicted octanol–water partition coefficient (Wildman–Crippen LogP) is 15.7. The number of hydrogen-bond acceptors (Lipinski definition) is 4. The largest absolute Gasteiger partial charge is 0.456 e. The first-order valence-electron chi connectivity index (χ1n) is 21.2. The molecule has 0 aliphatic heterocycles. The van der Waals surface area contributed by atoms with E-state index in [4.69, 9.17) is 18.8 Å². The number of fused-ring (bicyclic) bond motifs is 9. The molecule has 0 N–H and O–H groups in total. The molecule has 0 unspecified atom stereocenters. The summed E-state index contributed by atoms with van der Waals surface area (Å²) in [5.41, 5.74) is 15.8. The first-order chi connectivity index (χ1) is 31.2. The molecule has 0 aliphatic rings. The van der Waals surface area contributed by atoms with Gasteiger partial charge in [0.1, 0.15) is 22.3 Å². The third-order valence-electron chi connectivity index (χ3n) is 12.4. The van der Waals surface area contributed by atoms with E-state index in [-0.39, 0.29) is 0 Å². The highest BCUT2D eigenvalue weighted by Crippen LogP contribution is 2.40. The summed E-state index contributed by atoms with van der Waals surface area (Å²) in [7, 11) is 0. The van der Waals surface area contributed by atoms with Crippen molar-refractivity contribution in [3.8, 4) is 61.8 Å².